The summed E-state index contributed by atoms with van der Waals surface area (Å²) in [6, 6.07) is 2.23. The summed E-state index contributed by atoms with van der Waals surface area (Å²) in [4.78, 5) is 1.45. The summed E-state index contributed by atoms with van der Waals surface area (Å²) in [5.41, 5.74) is 0.612. The summed E-state index contributed by atoms with van der Waals surface area (Å²) < 4.78 is 2.38. The van der Waals surface area contributed by atoms with Crippen molar-refractivity contribution >= 4 is 43.2 Å². The molecule has 1 N–H and O–H groups in total. The summed E-state index contributed by atoms with van der Waals surface area (Å²) in [5, 5.41) is 3.58. The molecule has 0 bridgehead atoms. The van der Waals surface area contributed by atoms with Gasteiger partial charge in [0, 0.05) is 14.9 Å². The third kappa shape index (κ3) is 7.26. The van der Waals surface area contributed by atoms with Crippen LogP contribution < -0.4 is 5.32 Å². The van der Waals surface area contributed by atoms with Crippen LogP contribution in [-0.2, 0) is 6.42 Å². The predicted molar refractivity (Wildman–Crippen MR) is 94.2 cm³/mol. The van der Waals surface area contributed by atoms with E-state index in [1.165, 1.54) is 26.0 Å². The summed E-state index contributed by atoms with van der Waals surface area (Å²) in [6.07, 6.45) is 3.62. The van der Waals surface area contributed by atoms with Crippen molar-refractivity contribution in [1.82, 2.24) is 5.32 Å². The molecule has 1 aromatic rings. The fourth-order valence-corrected chi connectivity index (χ4v) is 4.05. The van der Waals surface area contributed by atoms with E-state index in [2.05, 4.69) is 77.9 Å². The van der Waals surface area contributed by atoms with Crippen LogP contribution in [0.15, 0.2) is 14.3 Å². The number of halogens is 2. The quantitative estimate of drug-likeness (QED) is 0.605. The first-order valence-electron chi connectivity index (χ1n) is 6.78. The maximum atomic E-state index is 3.58. The van der Waals surface area contributed by atoms with E-state index in [-0.39, 0.29) is 5.54 Å². The summed E-state index contributed by atoms with van der Waals surface area (Å²) in [7, 11) is 0. The van der Waals surface area contributed by atoms with Crippen LogP contribution in [0.25, 0.3) is 0 Å². The fraction of sp³-hybridized carbons (Fsp3) is 0.733. The molecule has 0 aliphatic rings. The molecule has 0 atom stereocenters. The molecule has 0 spiro atoms. The molecule has 1 aromatic heterocycles. The Morgan fingerprint density at radius 3 is 2.21 bits per heavy atom. The lowest BCUT2D eigenvalue weighted by Crippen LogP contribution is -2.38. The topological polar surface area (TPSA) is 12.0 Å². The Bertz CT molecular complexity index is 385. The van der Waals surface area contributed by atoms with Gasteiger partial charge in [0.15, 0.2) is 0 Å². The largest absolute Gasteiger partial charge is 0.312 e. The van der Waals surface area contributed by atoms with Crippen LogP contribution in [0.3, 0.4) is 0 Å². The van der Waals surface area contributed by atoms with Crippen molar-refractivity contribution in [3.63, 3.8) is 0 Å². The Balaban J connectivity index is 2.38. The van der Waals surface area contributed by atoms with Gasteiger partial charge in [-0.1, -0.05) is 13.8 Å². The Kier molecular flexibility index (Phi) is 6.56. The van der Waals surface area contributed by atoms with Gasteiger partial charge in [0.1, 0.15) is 0 Å². The number of rotatable bonds is 6. The normalized spacial score (nSPS) is 13.0. The Labute approximate surface area is 138 Å². The highest BCUT2D eigenvalue weighted by Crippen LogP contribution is 2.35. The van der Waals surface area contributed by atoms with Gasteiger partial charge in [0.05, 0.1) is 3.79 Å². The molecule has 0 aliphatic carbocycles. The Morgan fingerprint density at radius 2 is 1.74 bits per heavy atom. The molecule has 110 valence electrons. The minimum atomic E-state index is 0.222. The maximum absolute atomic E-state index is 3.58. The summed E-state index contributed by atoms with van der Waals surface area (Å²) >= 11 is 8.95. The molecule has 1 rings (SSSR count). The van der Waals surface area contributed by atoms with Crippen molar-refractivity contribution in [3.8, 4) is 0 Å². The van der Waals surface area contributed by atoms with Crippen molar-refractivity contribution in [2.24, 2.45) is 5.41 Å². The molecule has 0 fully saturated rings. The van der Waals surface area contributed by atoms with E-state index in [0.29, 0.717) is 5.41 Å². The summed E-state index contributed by atoms with van der Waals surface area (Å²) in [5.74, 6) is 0. The van der Waals surface area contributed by atoms with Crippen LogP contribution in [0, 0.1) is 5.41 Å². The zero-order valence-electron chi connectivity index (χ0n) is 12.6. The highest BCUT2D eigenvalue weighted by atomic mass is 79.9. The van der Waals surface area contributed by atoms with Crippen LogP contribution in [0.1, 0.15) is 52.3 Å². The van der Waals surface area contributed by atoms with Crippen LogP contribution in [-0.4, -0.2) is 12.1 Å². The average Bonchev–Trinajstić information content (AvgIpc) is 2.54. The van der Waals surface area contributed by atoms with E-state index < -0.39 is 0 Å². The van der Waals surface area contributed by atoms with Gasteiger partial charge in [-0.25, -0.2) is 0 Å². The van der Waals surface area contributed by atoms with E-state index in [4.69, 9.17) is 0 Å². The molecule has 0 aromatic carbocycles. The molecular weight excluding hydrogens is 386 g/mol. The number of aryl methyl sites for hydroxylation is 1. The van der Waals surface area contributed by atoms with Gasteiger partial charge in [-0.05, 0) is 89.9 Å². The van der Waals surface area contributed by atoms with Gasteiger partial charge in [-0.3, -0.25) is 0 Å². The van der Waals surface area contributed by atoms with Gasteiger partial charge >= 0.3 is 0 Å². The second-order valence-corrected chi connectivity index (χ2v) is 10.2. The zero-order valence-corrected chi connectivity index (χ0v) is 16.6. The molecule has 0 aliphatic heterocycles. The highest BCUT2D eigenvalue weighted by Gasteiger charge is 2.19. The van der Waals surface area contributed by atoms with Crippen LogP contribution in [0.5, 0.6) is 0 Å². The Hall–Kier alpha value is 0.620. The molecule has 19 heavy (non-hydrogen) atoms. The van der Waals surface area contributed by atoms with Crippen LogP contribution >= 0.6 is 43.2 Å². The Morgan fingerprint density at radius 1 is 1.11 bits per heavy atom. The molecule has 0 radical (unpaired) electrons. The van der Waals surface area contributed by atoms with E-state index >= 15 is 0 Å². The number of hydrogen-bond acceptors (Lipinski definition) is 2. The van der Waals surface area contributed by atoms with E-state index in [9.17, 15) is 0 Å². The van der Waals surface area contributed by atoms with Crippen molar-refractivity contribution in [2.45, 2.75) is 59.4 Å². The average molecular weight is 411 g/mol. The molecule has 1 heterocycles. The predicted octanol–water partition coefficient (Wildman–Crippen LogP) is 6.01. The molecule has 4 heteroatoms. The third-order valence-corrected chi connectivity index (χ3v) is 6.52. The minimum Gasteiger partial charge on any atom is -0.312 e. The summed E-state index contributed by atoms with van der Waals surface area (Å²) in [6.45, 7) is 12.5. The van der Waals surface area contributed by atoms with Crippen molar-refractivity contribution in [3.05, 3.63) is 19.2 Å². The molecule has 0 saturated heterocycles. The van der Waals surface area contributed by atoms with E-state index in [1.807, 2.05) is 11.3 Å². The standard InChI is InChI=1S/C15H25Br2NS/c1-14(2,3)18-9-8-15(4,5)7-6-11-10-12(16)13(17)19-11/h10,18H,6-9H2,1-5H3. The monoisotopic (exact) mass is 409 g/mol. The number of nitrogens with one attached hydrogen (secondary N) is 1. The fourth-order valence-electron chi connectivity index (χ4n) is 1.88. The lowest BCUT2D eigenvalue weighted by atomic mass is 9.84. The van der Waals surface area contributed by atoms with Gasteiger partial charge in [-0.15, -0.1) is 11.3 Å². The maximum Gasteiger partial charge on any atom is 0.0843 e. The molecule has 0 saturated carbocycles. The molecule has 0 unspecified atom stereocenters. The first kappa shape index (κ1) is 17.7. The third-order valence-electron chi connectivity index (χ3n) is 3.20. The van der Waals surface area contributed by atoms with Crippen molar-refractivity contribution in [1.29, 1.82) is 0 Å². The van der Waals surface area contributed by atoms with Crippen LogP contribution in [0.4, 0.5) is 0 Å². The minimum absolute atomic E-state index is 0.222. The lowest BCUT2D eigenvalue weighted by Gasteiger charge is -2.28. The first-order valence-corrected chi connectivity index (χ1v) is 9.18. The van der Waals surface area contributed by atoms with Gasteiger partial charge in [0.25, 0.3) is 0 Å². The second-order valence-electron chi connectivity index (χ2n) is 6.93. The highest BCUT2D eigenvalue weighted by molar-refractivity contribution is 9.13. The van der Waals surface area contributed by atoms with Crippen molar-refractivity contribution in [2.75, 3.05) is 6.54 Å². The van der Waals surface area contributed by atoms with E-state index in [0.717, 1.165) is 13.0 Å². The van der Waals surface area contributed by atoms with E-state index in [1.54, 1.807) is 0 Å². The van der Waals surface area contributed by atoms with Gasteiger partial charge in [-0.2, -0.15) is 0 Å². The second kappa shape index (κ2) is 7.06. The van der Waals surface area contributed by atoms with Crippen molar-refractivity contribution < 1.29 is 0 Å². The van der Waals surface area contributed by atoms with Crippen LogP contribution in [0.2, 0.25) is 0 Å². The van der Waals surface area contributed by atoms with Gasteiger partial charge < -0.3 is 5.32 Å². The van der Waals surface area contributed by atoms with Gasteiger partial charge in [0.2, 0.25) is 0 Å². The number of hydrogen-bond donors (Lipinski definition) is 1. The number of thiophene rings is 1. The molecule has 0 amide bonds. The SMILES string of the molecule is CC(C)(CCNC(C)(C)C)CCc1cc(Br)c(Br)s1. The molecule has 1 nitrogen and oxygen atoms in total. The lowest BCUT2D eigenvalue weighted by molar-refractivity contribution is 0.285. The first-order chi connectivity index (χ1) is 8.59. The smallest absolute Gasteiger partial charge is 0.0843 e. The zero-order chi connectivity index (χ0) is 14.7. The molecular formula is C15H25Br2NS.